The fourth-order valence-corrected chi connectivity index (χ4v) is 1.06. The van der Waals surface area contributed by atoms with Crippen molar-refractivity contribution in [2.75, 3.05) is 6.61 Å². The van der Waals surface area contributed by atoms with E-state index in [0.717, 1.165) is 5.75 Å². The smallest absolute Gasteiger partial charge is 0.126 e. The molecule has 0 N–H and O–H groups in total. The molecule has 1 aliphatic heterocycles. The normalized spacial score (nSPS) is 10.8. The van der Waals surface area contributed by atoms with E-state index in [1.165, 1.54) is 5.56 Å². The van der Waals surface area contributed by atoms with Gasteiger partial charge in [-0.05, 0) is 12.1 Å². The molecule has 1 nitrogen and oxygen atoms in total. The van der Waals surface area contributed by atoms with E-state index in [2.05, 4.69) is 6.08 Å². The number of hydrogen-bond acceptors (Lipinski definition) is 1. The van der Waals surface area contributed by atoms with E-state index in [-0.39, 0.29) is 47.0 Å². The maximum absolute atomic E-state index is 5.34. The van der Waals surface area contributed by atoms with Crippen molar-refractivity contribution in [2.45, 2.75) is 7.43 Å². The minimum atomic E-state index is 0. The van der Waals surface area contributed by atoms with Gasteiger partial charge in [-0.3, -0.25) is 0 Å². The molecular weight excluding hydrogens is 283 g/mol. The first kappa shape index (κ1) is 15.5. The number of hydrogen-bond donors (Lipinski definition) is 0. The molecule has 13 heavy (non-hydrogen) atoms. The summed E-state index contributed by atoms with van der Waals surface area (Å²) < 4.78 is 5.34. The Bertz CT molecular complexity index is 273. The number of para-hydroxylation sites is 1. The molecule has 0 saturated heterocycles. The first-order chi connectivity index (χ1) is 4.97. The van der Waals surface area contributed by atoms with Gasteiger partial charge in [0.05, 0.1) is 0 Å². The summed E-state index contributed by atoms with van der Waals surface area (Å²) >= 11 is 0. The molecule has 0 saturated carbocycles. The van der Waals surface area contributed by atoms with Crippen molar-refractivity contribution in [3.63, 3.8) is 0 Å². The summed E-state index contributed by atoms with van der Waals surface area (Å²) in [5.74, 6) is 0.991. The zero-order chi connectivity index (χ0) is 6.81. The van der Waals surface area contributed by atoms with Gasteiger partial charge in [0.25, 0.3) is 0 Å². The van der Waals surface area contributed by atoms with E-state index < -0.39 is 0 Å². The summed E-state index contributed by atoms with van der Waals surface area (Å²) in [7, 11) is 0. The molecule has 0 unspecified atom stereocenters. The summed E-state index contributed by atoms with van der Waals surface area (Å²) in [6.07, 6.45) is 4.10. The first-order valence-corrected chi connectivity index (χ1v) is 3.35. The minimum Gasteiger partial charge on any atom is -0.489 e. The molecule has 0 fully saturated rings. The number of benzene rings is 1. The van der Waals surface area contributed by atoms with E-state index in [9.17, 15) is 0 Å². The van der Waals surface area contributed by atoms with Gasteiger partial charge in [0.1, 0.15) is 12.4 Å². The molecule has 69 valence electrons. The maximum atomic E-state index is 5.34. The number of ether oxygens (including phenoxy) is 1. The van der Waals surface area contributed by atoms with Gasteiger partial charge >= 0.3 is 0 Å². The molecule has 0 spiro atoms. The van der Waals surface area contributed by atoms with Crippen LogP contribution in [0.1, 0.15) is 13.0 Å². The van der Waals surface area contributed by atoms with Gasteiger partial charge in [0, 0.05) is 45.2 Å². The van der Waals surface area contributed by atoms with Crippen LogP contribution in [0, 0.1) is 0 Å². The van der Waals surface area contributed by atoms with Crippen molar-refractivity contribution < 1.29 is 44.4 Å². The van der Waals surface area contributed by atoms with Crippen molar-refractivity contribution in [1.82, 2.24) is 0 Å². The topological polar surface area (TPSA) is 9.23 Å². The Morgan fingerprint density at radius 1 is 1.15 bits per heavy atom. The van der Waals surface area contributed by atoms with Gasteiger partial charge in [-0.2, -0.15) is 0 Å². The molecule has 0 aliphatic carbocycles. The van der Waals surface area contributed by atoms with E-state index >= 15 is 0 Å². The van der Waals surface area contributed by atoms with E-state index in [4.69, 9.17) is 4.74 Å². The molecule has 1 aromatic rings. The zero-order valence-electron chi connectivity index (χ0n) is 6.43. The number of rotatable bonds is 0. The molecule has 1 radical (unpaired) electrons. The molecule has 1 heterocycles. The monoisotopic (exact) mass is 297 g/mol. The third-order valence-electron chi connectivity index (χ3n) is 1.55. The van der Waals surface area contributed by atoms with Crippen LogP contribution in [0.2, 0.25) is 0 Å². The summed E-state index contributed by atoms with van der Waals surface area (Å²) in [6, 6.07) is 8.03. The Hall–Kier alpha value is 0.0327. The molecular formula is C10H12MoOV. The quantitative estimate of drug-likeness (QED) is 0.669. The van der Waals surface area contributed by atoms with Crippen molar-refractivity contribution in [3.8, 4) is 5.75 Å². The third-order valence-corrected chi connectivity index (χ3v) is 1.55. The second kappa shape index (κ2) is 7.44. The van der Waals surface area contributed by atoms with Gasteiger partial charge in [-0.15, -0.1) is 0 Å². The van der Waals surface area contributed by atoms with Crippen molar-refractivity contribution in [2.24, 2.45) is 0 Å². The van der Waals surface area contributed by atoms with Crippen molar-refractivity contribution in [1.29, 1.82) is 0 Å². The second-order valence-corrected chi connectivity index (χ2v) is 2.25. The van der Waals surface area contributed by atoms with Gasteiger partial charge in [-0.25, -0.2) is 0 Å². The van der Waals surface area contributed by atoms with E-state index in [0.29, 0.717) is 6.61 Å². The van der Waals surface area contributed by atoms with Gasteiger partial charge in [0.15, 0.2) is 0 Å². The summed E-state index contributed by atoms with van der Waals surface area (Å²) in [4.78, 5) is 0. The fraction of sp³-hybridized carbons (Fsp3) is 0.200. The van der Waals surface area contributed by atoms with E-state index in [1.54, 1.807) is 0 Å². The summed E-state index contributed by atoms with van der Waals surface area (Å²) in [6.45, 7) is 0.705. The summed E-state index contributed by atoms with van der Waals surface area (Å²) in [5.41, 5.74) is 1.17. The van der Waals surface area contributed by atoms with Crippen LogP contribution < -0.4 is 4.74 Å². The minimum absolute atomic E-state index is 0. The molecule has 0 aromatic heterocycles. The molecule has 2 rings (SSSR count). The predicted octanol–water partition coefficient (Wildman–Crippen LogP) is 2.72. The standard InChI is InChI=1S/C9H8O.CH4.Mo.V/c1-2-6-9-8(4-1)5-3-7-10-9;;;/h1-6H,7H2;1H4;;. The first-order valence-electron chi connectivity index (χ1n) is 3.35. The van der Waals surface area contributed by atoms with Crippen molar-refractivity contribution >= 4 is 6.08 Å². The van der Waals surface area contributed by atoms with Gasteiger partial charge in [-0.1, -0.05) is 31.7 Å². The van der Waals surface area contributed by atoms with Gasteiger partial charge < -0.3 is 4.74 Å². The number of fused-ring (bicyclic) bond motifs is 1. The molecule has 0 bridgehead atoms. The van der Waals surface area contributed by atoms with Crippen LogP contribution >= 0.6 is 0 Å². The average Bonchev–Trinajstić information content (AvgIpc) is 2.05. The van der Waals surface area contributed by atoms with Crippen LogP contribution in [0.25, 0.3) is 6.08 Å². The average molecular weight is 295 g/mol. The predicted molar refractivity (Wildman–Crippen MR) is 47.7 cm³/mol. The Balaban J connectivity index is 0. The Morgan fingerprint density at radius 3 is 2.54 bits per heavy atom. The largest absolute Gasteiger partial charge is 0.489 e. The van der Waals surface area contributed by atoms with Crippen LogP contribution in [-0.4, -0.2) is 6.61 Å². The van der Waals surface area contributed by atoms with Gasteiger partial charge in [0.2, 0.25) is 0 Å². The van der Waals surface area contributed by atoms with Crippen LogP contribution in [0.15, 0.2) is 30.3 Å². The Kier molecular flexibility index (Phi) is 8.87. The molecule has 1 aromatic carbocycles. The SMILES string of the molecule is C.C1=Cc2ccccc2OC1.[Mo].[V]. The second-order valence-electron chi connectivity index (χ2n) is 2.25. The Morgan fingerprint density at radius 2 is 1.85 bits per heavy atom. The van der Waals surface area contributed by atoms with Crippen LogP contribution in [0.3, 0.4) is 0 Å². The Labute approximate surface area is 106 Å². The van der Waals surface area contributed by atoms with Crippen LogP contribution in [-0.2, 0) is 39.6 Å². The third kappa shape index (κ3) is 3.72. The molecule has 0 amide bonds. The zero-order valence-corrected chi connectivity index (χ0v) is 9.84. The van der Waals surface area contributed by atoms with Crippen molar-refractivity contribution in [3.05, 3.63) is 35.9 Å². The maximum Gasteiger partial charge on any atom is 0.126 e. The molecule has 0 atom stereocenters. The van der Waals surface area contributed by atoms with E-state index in [1.807, 2.05) is 30.3 Å². The fourth-order valence-electron chi connectivity index (χ4n) is 1.06. The molecule has 3 heteroatoms. The molecule has 1 aliphatic rings. The van der Waals surface area contributed by atoms with Crippen LogP contribution in [0.5, 0.6) is 5.75 Å². The summed E-state index contributed by atoms with van der Waals surface area (Å²) in [5, 5.41) is 0. The van der Waals surface area contributed by atoms with Crippen LogP contribution in [0.4, 0.5) is 0 Å².